The molecule has 0 aromatic heterocycles. The molecule has 3 aromatic carbocycles. The van der Waals surface area contributed by atoms with Crippen molar-refractivity contribution in [3.63, 3.8) is 0 Å². The monoisotopic (exact) mass is 444 g/mol. The summed E-state index contributed by atoms with van der Waals surface area (Å²) in [7, 11) is -2.85. The summed E-state index contributed by atoms with van der Waals surface area (Å²) < 4.78 is 13.0. The van der Waals surface area contributed by atoms with Crippen LogP contribution in [0.25, 0.3) is 0 Å². The Kier molecular flexibility index (Phi) is 8.06. The van der Waals surface area contributed by atoms with Gasteiger partial charge in [-0.25, -0.2) is 0 Å². The molecule has 0 amide bonds. The number of hydrogen-bond donors (Lipinski definition) is 1. The summed E-state index contributed by atoms with van der Waals surface area (Å²) >= 11 is 0. The number of aliphatic hydroxyl groups excluding tert-OH is 1. The zero-order valence-corrected chi connectivity index (χ0v) is 20.1. The lowest BCUT2D eigenvalue weighted by Gasteiger charge is -2.45. The van der Waals surface area contributed by atoms with Crippen LogP contribution in [0.2, 0.25) is 5.04 Å². The van der Waals surface area contributed by atoms with Crippen molar-refractivity contribution in [3.05, 3.63) is 96.6 Å². The molecular formula is C28H32O3Si. The molecule has 0 unspecified atom stereocenters. The smallest absolute Gasteiger partial charge is 0.262 e. The minimum absolute atomic E-state index is 0.218. The zero-order chi connectivity index (χ0) is 23.0. The maximum Gasteiger partial charge on any atom is 0.262 e. The highest BCUT2D eigenvalue weighted by Gasteiger charge is 2.52. The van der Waals surface area contributed by atoms with Crippen LogP contribution in [0.15, 0.2) is 91.0 Å². The number of rotatable bonds is 9. The maximum absolute atomic E-state index is 10.2. The molecule has 3 nitrogen and oxygen atoms in total. The van der Waals surface area contributed by atoms with Gasteiger partial charge in [0.1, 0.15) is 12.2 Å². The number of terminal acetylenes is 1. The fourth-order valence-corrected chi connectivity index (χ4v) is 8.73. The van der Waals surface area contributed by atoms with E-state index in [4.69, 9.17) is 15.6 Å². The van der Waals surface area contributed by atoms with Crippen LogP contribution in [0, 0.1) is 12.3 Å². The number of ether oxygens (including phenoxy) is 1. The lowest BCUT2D eigenvalue weighted by Crippen LogP contribution is -2.68. The van der Waals surface area contributed by atoms with Crippen LogP contribution in [0.5, 0.6) is 0 Å². The molecular weight excluding hydrogens is 412 g/mol. The van der Waals surface area contributed by atoms with Crippen molar-refractivity contribution in [2.75, 3.05) is 6.61 Å². The molecule has 0 spiro atoms. The lowest BCUT2D eigenvalue weighted by molar-refractivity contribution is -0.0458. The van der Waals surface area contributed by atoms with Crippen LogP contribution in [-0.4, -0.2) is 32.2 Å². The summed E-state index contributed by atoms with van der Waals surface area (Å²) in [5.74, 6) is 2.78. The SMILES string of the molecule is C#C[C@H](O[Si](c1ccccc1)(c1ccccc1)C(C)(C)C)[C@H](CO)OCc1ccccc1. The molecule has 0 saturated carbocycles. The Balaban J connectivity index is 2.01. The van der Waals surface area contributed by atoms with Gasteiger partial charge in [0.25, 0.3) is 8.32 Å². The van der Waals surface area contributed by atoms with E-state index in [0.717, 1.165) is 15.9 Å². The van der Waals surface area contributed by atoms with Gasteiger partial charge in [0.2, 0.25) is 0 Å². The topological polar surface area (TPSA) is 38.7 Å². The van der Waals surface area contributed by atoms with Gasteiger partial charge in [-0.05, 0) is 21.0 Å². The highest BCUT2D eigenvalue weighted by atomic mass is 28.4. The second kappa shape index (κ2) is 10.8. The van der Waals surface area contributed by atoms with E-state index >= 15 is 0 Å². The van der Waals surface area contributed by atoms with Gasteiger partial charge in [-0.1, -0.05) is 118 Å². The summed E-state index contributed by atoms with van der Waals surface area (Å²) in [4.78, 5) is 0. The van der Waals surface area contributed by atoms with E-state index in [9.17, 15) is 5.11 Å². The van der Waals surface area contributed by atoms with Gasteiger partial charge in [0.05, 0.1) is 13.2 Å². The van der Waals surface area contributed by atoms with Crippen LogP contribution < -0.4 is 10.4 Å². The molecule has 166 valence electrons. The van der Waals surface area contributed by atoms with E-state index in [1.54, 1.807) is 0 Å². The van der Waals surface area contributed by atoms with Crippen molar-refractivity contribution in [2.24, 2.45) is 0 Å². The summed E-state index contributed by atoms with van der Waals surface area (Å²) in [5.41, 5.74) is 1.02. The number of aliphatic hydroxyl groups is 1. The summed E-state index contributed by atoms with van der Waals surface area (Å²) in [6.45, 7) is 6.73. The van der Waals surface area contributed by atoms with Crippen molar-refractivity contribution in [1.82, 2.24) is 0 Å². The van der Waals surface area contributed by atoms with Gasteiger partial charge in [0.15, 0.2) is 0 Å². The van der Waals surface area contributed by atoms with Crippen molar-refractivity contribution in [1.29, 1.82) is 0 Å². The molecule has 0 heterocycles. The molecule has 0 bridgehead atoms. The Morgan fingerprint density at radius 1 is 0.844 bits per heavy atom. The largest absolute Gasteiger partial charge is 0.394 e. The van der Waals surface area contributed by atoms with Crippen LogP contribution in [0.1, 0.15) is 26.3 Å². The third-order valence-electron chi connectivity index (χ3n) is 5.71. The van der Waals surface area contributed by atoms with E-state index < -0.39 is 20.5 Å². The van der Waals surface area contributed by atoms with Crippen molar-refractivity contribution >= 4 is 18.7 Å². The molecule has 1 N–H and O–H groups in total. The Bertz CT molecular complexity index is 952. The van der Waals surface area contributed by atoms with E-state index in [2.05, 4.69) is 51.0 Å². The molecule has 0 radical (unpaired) electrons. The minimum Gasteiger partial charge on any atom is -0.394 e. The molecule has 0 fully saturated rings. The van der Waals surface area contributed by atoms with Crippen molar-refractivity contribution < 1.29 is 14.3 Å². The molecule has 0 aliphatic rings. The first kappa shape index (κ1) is 24.0. The average molecular weight is 445 g/mol. The number of benzene rings is 3. The summed E-state index contributed by atoms with van der Waals surface area (Å²) in [5, 5.41) is 12.2. The van der Waals surface area contributed by atoms with Crippen LogP contribution in [0.3, 0.4) is 0 Å². The average Bonchev–Trinajstić information content (AvgIpc) is 2.82. The Hall–Kier alpha value is -2.68. The van der Waals surface area contributed by atoms with Gasteiger partial charge in [-0.2, -0.15) is 0 Å². The van der Waals surface area contributed by atoms with Crippen molar-refractivity contribution in [3.8, 4) is 12.3 Å². The first-order chi connectivity index (χ1) is 15.4. The van der Waals surface area contributed by atoms with E-state index in [1.165, 1.54) is 0 Å². The minimum atomic E-state index is -2.85. The second-order valence-electron chi connectivity index (χ2n) is 8.89. The van der Waals surface area contributed by atoms with Gasteiger partial charge >= 0.3 is 0 Å². The van der Waals surface area contributed by atoms with Gasteiger partial charge in [-0.3, -0.25) is 0 Å². The molecule has 4 heteroatoms. The summed E-state index contributed by atoms with van der Waals surface area (Å²) in [6, 6.07) is 30.5. The fraction of sp³-hybridized carbons (Fsp3) is 0.286. The predicted molar refractivity (Wildman–Crippen MR) is 133 cm³/mol. The van der Waals surface area contributed by atoms with Gasteiger partial charge < -0.3 is 14.3 Å². The number of hydrogen-bond acceptors (Lipinski definition) is 3. The predicted octanol–water partition coefficient (Wildman–Crippen LogP) is 4.14. The molecule has 2 atom stereocenters. The lowest BCUT2D eigenvalue weighted by atomic mass is 10.2. The normalized spacial score (nSPS) is 13.8. The molecule has 32 heavy (non-hydrogen) atoms. The Labute approximate surface area is 193 Å². The maximum atomic E-state index is 10.2. The standard InChI is InChI=1S/C28H32O3Si/c1-5-26(27(21-29)30-22-23-15-9-6-10-16-23)31-32(28(2,3)4,24-17-11-7-12-18-24)25-19-13-8-14-20-25/h1,6-20,26-27,29H,21-22H2,2-4H3/t26-,27-/m0/s1. The van der Waals surface area contributed by atoms with Crippen LogP contribution in [0.4, 0.5) is 0 Å². The van der Waals surface area contributed by atoms with E-state index in [1.807, 2.05) is 66.7 Å². The van der Waals surface area contributed by atoms with Crippen LogP contribution >= 0.6 is 0 Å². The highest BCUT2D eigenvalue weighted by molar-refractivity contribution is 6.99. The Morgan fingerprint density at radius 2 is 1.31 bits per heavy atom. The van der Waals surface area contributed by atoms with Crippen LogP contribution in [-0.2, 0) is 15.8 Å². The molecule has 0 saturated heterocycles. The van der Waals surface area contributed by atoms with E-state index in [-0.39, 0.29) is 11.6 Å². The first-order valence-electron chi connectivity index (χ1n) is 10.9. The molecule has 0 aliphatic heterocycles. The van der Waals surface area contributed by atoms with Crippen molar-refractivity contribution in [2.45, 2.75) is 44.6 Å². The molecule has 3 rings (SSSR count). The molecule has 0 aliphatic carbocycles. The van der Waals surface area contributed by atoms with Gasteiger partial charge in [-0.15, -0.1) is 6.42 Å². The van der Waals surface area contributed by atoms with E-state index in [0.29, 0.717) is 6.61 Å². The quantitative estimate of drug-likeness (QED) is 0.398. The fourth-order valence-electron chi connectivity index (χ4n) is 4.11. The third-order valence-corrected chi connectivity index (χ3v) is 10.7. The Morgan fingerprint density at radius 3 is 1.72 bits per heavy atom. The summed E-state index contributed by atoms with van der Waals surface area (Å²) in [6.07, 6.45) is 4.64. The van der Waals surface area contributed by atoms with Gasteiger partial charge in [0, 0.05) is 0 Å². The molecule has 3 aromatic rings. The first-order valence-corrected chi connectivity index (χ1v) is 12.8. The second-order valence-corrected chi connectivity index (χ2v) is 13.1. The third kappa shape index (κ3) is 5.20. The zero-order valence-electron chi connectivity index (χ0n) is 19.1. The highest BCUT2D eigenvalue weighted by Crippen LogP contribution is 2.38.